The van der Waals surface area contributed by atoms with Gasteiger partial charge in [0.15, 0.2) is 0 Å². The average Bonchev–Trinajstić information content (AvgIpc) is 3.04. The molecule has 0 radical (unpaired) electrons. The Bertz CT molecular complexity index is 684. The minimum Gasteiger partial charge on any atom is -0.357 e. The standard InChI is InChI=1S/C15H15BrN4O2/c16-11-3-5-13(14(9-11)20(21)22)18-12-4-6-15(17-10-12)19-7-1-2-8-19/h3-6,9-10,18H,1-2,7-8H2. The quantitative estimate of drug-likeness (QED) is 0.654. The first kappa shape index (κ1) is 14.8. The van der Waals surface area contributed by atoms with Crippen molar-refractivity contribution in [2.75, 3.05) is 23.3 Å². The number of nitro benzene ring substituents is 1. The molecular weight excluding hydrogens is 348 g/mol. The van der Waals surface area contributed by atoms with E-state index in [0.717, 1.165) is 24.6 Å². The molecule has 7 heteroatoms. The molecule has 0 unspecified atom stereocenters. The van der Waals surface area contributed by atoms with Gasteiger partial charge < -0.3 is 10.2 Å². The largest absolute Gasteiger partial charge is 0.357 e. The Morgan fingerprint density at radius 1 is 1.23 bits per heavy atom. The molecule has 1 fully saturated rings. The van der Waals surface area contributed by atoms with Crippen molar-refractivity contribution in [3.8, 4) is 0 Å². The third kappa shape index (κ3) is 3.19. The van der Waals surface area contributed by atoms with E-state index in [1.54, 1.807) is 18.3 Å². The van der Waals surface area contributed by atoms with Crippen molar-refractivity contribution in [2.24, 2.45) is 0 Å². The lowest BCUT2D eigenvalue weighted by Gasteiger charge is -2.16. The highest BCUT2D eigenvalue weighted by Gasteiger charge is 2.15. The predicted octanol–water partition coefficient (Wildman–Crippen LogP) is 4.10. The molecule has 0 saturated carbocycles. The molecule has 0 bridgehead atoms. The molecule has 114 valence electrons. The molecule has 1 aliphatic rings. The van der Waals surface area contributed by atoms with Crippen molar-refractivity contribution in [1.82, 2.24) is 4.98 Å². The van der Waals surface area contributed by atoms with E-state index in [4.69, 9.17) is 0 Å². The van der Waals surface area contributed by atoms with Crippen molar-refractivity contribution in [3.05, 3.63) is 51.1 Å². The van der Waals surface area contributed by atoms with Crippen LogP contribution in [0.5, 0.6) is 0 Å². The number of hydrogen-bond donors (Lipinski definition) is 1. The van der Waals surface area contributed by atoms with E-state index in [2.05, 4.69) is 31.1 Å². The van der Waals surface area contributed by atoms with Gasteiger partial charge in [0.25, 0.3) is 5.69 Å². The smallest absolute Gasteiger partial charge is 0.293 e. The molecule has 2 aromatic rings. The van der Waals surface area contributed by atoms with E-state index in [1.807, 2.05) is 12.1 Å². The third-order valence-electron chi connectivity index (χ3n) is 3.61. The van der Waals surface area contributed by atoms with Crippen LogP contribution in [0, 0.1) is 10.1 Å². The zero-order valence-electron chi connectivity index (χ0n) is 11.8. The molecule has 1 aromatic carbocycles. The van der Waals surface area contributed by atoms with Crippen LogP contribution in [-0.2, 0) is 0 Å². The summed E-state index contributed by atoms with van der Waals surface area (Å²) in [6, 6.07) is 8.76. The van der Waals surface area contributed by atoms with Crippen LogP contribution >= 0.6 is 15.9 Å². The van der Waals surface area contributed by atoms with Gasteiger partial charge in [-0.05, 0) is 37.1 Å². The van der Waals surface area contributed by atoms with E-state index in [-0.39, 0.29) is 5.69 Å². The maximum Gasteiger partial charge on any atom is 0.293 e. The maximum absolute atomic E-state index is 11.1. The summed E-state index contributed by atoms with van der Waals surface area (Å²) in [4.78, 5) is 17.4. The van der Waals surface area contributed by atoms with Gasteiger partial charge in [0.1, 0.15) is 11.5 Å². The number of nitrogens with one attached hydrogen (secondary N) is 1. The van der Waals surface area contributed by atoms with Gasteiger partial charge in [-0.1, -0.05) is 15.9 Å². The van der Waals surface area contributed by atoms with Gasteiger partial charge in [0, 0.05) is 23.6 Å². The molecule has 1 N–H and O–H groups in total. The normalized spacial score (nSPS) is 14.1. The van der Waals surface area contributed by atoms with Crippen LogP contribution in [-0.4, -0.2) is 23.0 Å². The van der Waals surface area contributed by atoms with Gasteiger partial charge in [0.05, 0.1) is 16.8 Å². The minimum absolute atomic E-state index is 0.0259. The first-order valence-corrected chi connectivity index (χ1v) is 7.85. The molecule has 6 nitrogen and oxygen atoms in total. The lowest BCUT2D eigenvalue weighted by Crippen LogP contribution is -2.18. The number of nitrogens with zero attached hydrogens (tertiary/aromatic N) is 3. The number of aromatic nitrogens is 1. The lowest BCUT2D eigenvalue weighted by molar-refractivity contribution is -0.384. The number of hydrogen-bond acceptors (Lipinski definition) is 5. The summed E-state index contributed by atoms with van der Waals surface area (Å²) in [7, 11) is 0. The molecule has 3 rings (SSSR count). The van der Waals surface area contributed by atoms with Gasteiger partial charge >= 0.3 is 0 Å². The van der Waals surface area contributed by atoms with Crippen LogP contribution < -0.4 is 10.2 Å². The summed E-state index contributed by atoms with van der Waals surface area (Å²) in [5, 5.41) is 14.2. The molecule has 22 heavy (non-hydrogen) atoms. The van der Waals surface area contributed by atoms with E-state index in [9.17, 15) is 10.1 Å². The van der Waals surface area contributed by atoms with Crippen molar-refractivity contribution in [3.63, 3.8) is 0 Å². The second kappa shape index (κ2) is 6.31. The lowest BCUT2D eigenvalue weighted by atomic mass is 10.2. The van der Waals surface area contributed by atoms with Gasteiger partial charge in [-0.2, -0.15) is 0 Å². The summed E-state index contributed by atoms with van der Waals surface area (Å²) >= 11 is 3.25. The fourth-order valence-electron chi connectivity index (χ4n) is 2.51. The van der Waals surface area contributed by atoms with Gasteiger partial charge in [-0.15, -0.1) is 0 Å². The number of nitro groups is 1. The second-order valence-corrected chi connectivity index (χ2v) is 6.06. The van der Waals surface area contributed by atoms with Crippen LogP contribution in [0.25, 0.3) is 0 Å². The summed E-state index contributed by atoms with van der Waals surface area (Å²) in [5.41, 5.74) is 1.20. The minimum atomic E-state index is -0.404. The Morgan fingerprint density at radius 3 is 2.64 bits per heavy atom. The Balaban J connectivity index is 1.80. The van der Waals surface area contributed by atoms with E-state index >= 15 is 0 Å². The van der Waals surface area contributed by atoms with E-state index < -0.39 is 4.92 Å². The van der Waals surface area contributed by atoms with Crippen molar-refractivity contribution in [2.45, 2.75) is 12.8 Å². The Morgan fingerprint density at radius 2 is 2.00 bits per heavy atom. The Kier molecular flexibility index (Phi) is 4.24. The zero-order valence-corrected chi connectivity index (χ0v) is 13.4. The highest BCUT2D eigenvalue weighted by molar-refractivity contribution is 9.10. The van der Waals surface area contributed by atoms with Crippen molar-refractivity contribution < 1.29 is 4.92 Å². The number of rotatable bonds is 4. The fraction of sp³-hybridized carbons (Fsp3) is 0.267. The summed E-state index contributed by atoms with van der Waals surface area (Å²) in [6.45, 7) is 2.08. The predicted molar refractivity (Wildman–Crippen MR) is 89.8 cm³/mol. The second-order valence-electron chi connectivity index (χ2n) is 5.14. The monoisotopic (exact) mass is 362 g/mol. The van der Waals surface area contributed by atoms with Crippen molar-refractivity contribution >= 4 is 38.8 Å². The van der Waals surface area contributed by atoms with Crippen LogP contribution in [0.15, 0.2) is 41.0 Å². The van der Waals surface area contributed by atoms with E-state index in [1.165, 1.54) is 18.9 Å². The van der Waals surface area contributed by atoms with Crippen LogP contribution in [0.1, 0.15) is 12.8 Å². The molecule has 1 aromatic heterocycles. The molecule has 0 aliphatic carbocycles. The maximum atomic E-state index is 11.1. The van der Waals surface area contributed by atoms with Gasteiger partial charge in [-0.3, -0.25) is 10.1 Å². The Hall–Kier alpha value is -2.15. The molecule has 0 amide bonds. The van der Waals surface area contributed by atoms with Crippen LogP contribution in [0.2, 0.25) is 0 Å². The number of halogens is 1. The van der Waals surface area contributed by atoms with Gasteiger partial charge in [-0.25, -0.2) is 4.98 Å². The fourth-order valence-corrected chi connectivity index (χ4v) is 2.86. The summed E-state index contributed by atoms with van der Waals surface area (Å²) < 4.78 is 0.673. The first-order valence-electron chi connectivity index (χ1n) is 7.05. The highest BCUT2D eigenvalue weighted by atomic mass is 79.9. The van der Waals surface area contributed by atoms with E-state index in [0.29, 0.717) is 10.2 Å². The first-order chi connectivity index (χ1) is 10.6. The topological polar surface area (TPSA) is 71.3 Å². The summed E-state index contributed by atoms with van der Waals surface area (Å²) in [6.07, 6.45) is 4.11. The van der Waals surface area contributed by atoms with Crippen LogP contribution in [0.3, 0.4) is 0 Å². The summed E-state index contributed by atoms with van der Waals surface area (Å²) in [5.74, 6) is 0.952. The Labute approximate surface area is 136 Å². The molecule has 0 spiro atoms. The van der Waals surface area contributed by atoms with Crippen LogP contribution in [0.4, 0.5) is 22.9 Å². The molecule has 2 heterocycles. The SMILES string of the molecule is O=[N+]([O-])c1cc(Br)ccc1Nc1ccc(N2CCCC2)nc1. The molecule has 0 atom stereocenters. The molecule has 1 aliphatic heterocycles. The number of anilines is 3. The molecule has 1 saturated heterocycles. The van der Waals surface area contributed by atoms with Crippen molar-refractivity contribution in [1.29, 1.82) is 0 Å². The highest BCUT2D eigenvalue weighted by Crippen LogP contribution is 2.30. The molecular formula is C15H15BrN4O2. The number of benzene rings is 1. The zero-order chi connectivity index (χ0) is 15.5. The van der Waals surface area contributed by atoms with Gasteiger partial charge in [0.2, 0.25) is 0 Å². The number of pyridine rings is 1. The average molecular weight is 363 g/mol. The third-order valence-corrected chi connectivity index (χ3v) is 4.11.